The fourth-order valence-corrected chi connectivity index (χ4v) is 3.54. The highest BCUT2D eigenvalue weighted by atomic mass is 16.5. The number of ether oxygens (including phenoxy) is 2. The van der Waals surface area contributed by atoms with Crippen molar-refractivity contribution in [2.24, 2.45) is 0 Å². The third-order valence-corrected chi connectivity index (χ3v) is 4.97. The number of hydrogen-bond acceptors (Lipinski definition) is 5. The van der Waals surface area contributed by atoms with Crippen LogP contribution in [0.15, 0.2) is 48.5 Å². The lowest BCUT2D eigenvalue weighted by atomic mass is 9.98. The van der Waals surface area contributed by atoms with Crippen molar-refractivity contribution in [1.29, 1.82) is 0 Å². The van der Waals surface area contributed by atoms with Crippen molar-refractivity contribution in [3.8, 4) is 11.1 Å². The lowest BCUT2D eigenvalue weighted by molar-refractivity contribution is -0.144. The van der Waals surface area contributed by atoms with Crippen molar-refractivity contribution in [1.82, 2.24) is 10.2 Å². The number of fused-ring (bicyclic) bond motifs is 3. The van der Waals surface area contributed by atoms with Crippen LogP contribution in [0.1, 0.15) is 23.5 Å². The molecule has 3 rings (SSSR count). The molecular formula is C22H24N2O5. The van der Waals surface area contributed by atoms with Gasteiger partial charge in [0.25, 0.3) is 0 Å². The molecular weight excluding hydrogens is 372 g/mol. The van der Waals surface area contributed by atoms with Gasteiger partial charge in [-0.3, -0.25) is 9.59 Å². The minimum Gasteiger partial charge on any atom is -0.469 e. The molecule has 1 aliphatic carbocycles. The Balaban J connectivity index is 1.70. The maximum atomic E-state index is 12.4. The Morgan fingerprint density at radius 2 is 1.55 bits per heavy atom. The number of carbonyl (C=O) groups excluding carboxylic acids is 3. The Labute approximate surface area is 169 Å². The van der Waals surface area contributed by atoms with E-state index in [2.05, 4.69) is 22.2 Å². The molecule has 2 aromatic carbocycles. The molecule has 0 aliphatic heterocycles. The third-order valence-electron chi connectivity index (χ3n) is 4.97. The zero-order valence-corrected chi connectivity index (χ0v) is 16.7. The number of nitrogens with zero attached hydrogens (tertiary/aromatic N) is 1. The van der Waals surface area contributed by atoms with E-state index in [0.717, 1.165) is 22.3 Å². The second-order valence-electron chi connectivity index (χ2n) is 7.04. The molecule has 1 aliphatic rings. The van der Waals surface area contributed by atoms with Crippen molar-refractivity contribution >= 4 is 18.0 Å². The van der Waals surface area contributed by atoms with E-state index in [4.69, 9.17) is 4.74 Å². The minimum atomic E-state index is -1.05. The van der Waals surface area contributed by atoms with Gasteiger partial charge in [-0.05, 0) is 22.3 Å². The van der Waals surface area contributed by atoms with Crippen LogP contribution in [0.4, 0.5) is 4.79 Å². The molecule has 1 atom stereocenters. The van der Waals surface area contributed by atoms with Crippen molar-refractivity contribution in [3.63, 3.8) is 0 Å². The molecule has 0 saturated heterocycles. The number of rotatable bonds is 6. The summed E-state index contributed by atoms with van der Waals surface area (Å²) < 4.78 is 10.1. The quantitative estimate of drug-likeness (QED) is 0.759. The molecule has 1 N–H and O–H groups in total. The van der Waals surface area contributed by atoms with Gasteiger partial charge in [0.2, 0.25) is 5.91 Å². The van der Waals surface area contributed by atoms with Gasteiger partial charge in [0.1, 0.15) is 12.6 Å². The zero-order valence-electron chi connectivity index (χ0n) is 16.7. The summed E-state index contributed by atoms with van der Waals surface area (Å²) in [5, 5.41) is 2.48. The number of hydrogen-bond donors (Lipinski definition) is 1. The smallest absolute Gasteiger partial charge is 0.407 e. The Hall–Kier alpha value is -3.35. The summed E-state index contributed by atoms with van der Waals surface area (Å²) in [6.07, 6.45) is -1.02. The maximum absolute atomic E-state index is 12.4. The summed E-state index contributed by atoms with van der Waals surface area (Å²) in [5.74, 6) is -1.09. The van der Waals surface area contributed by atoms with Crippen LogP contribution in [-0.4, -0.2) is 56.7 Å². The largest absolute Gasteiger partial charge is 0.469 e. The molecule has 152 valence electrons. The average molecular weight is 396 g/mol. The molecule has 0 saturated carbocycles. The van der Waals surface area contributed by atoms with Gasteiger partial charge in [0, 0.05) is 20.0 Å². The van der Waals surface area contributed by atoms with E-state index in [1.54, 1.807) is 14.1 Å². The van der Waals surface area contributed by atoms with Crippen LogP contribution < -0.4 is 5.32 Å². The maximum Gasteiger partial charge on any atom is 0.407 e. The number of amides is 2. The van der Waals surface area contributed by atoms with Crippen LogP contribution in [0, 0.1) is 0 Å². The van der Waals surface area contributed by atoms with E-state index in [9.17, 15) is 14.4 Å². The predicted molar refractivity (Wildman–Crippen MR) is 107 cm³/mol. The molecule has 0 spiro atoms. The third kappa shape index (κ3) is 4.39. The van der Waals surface area contributed by atoms with Crippen molar-refractivity contribution in [2.45, 2.75) is 18.4 Å². The molecule has 0 radical (unpaired) electrons. The van der Waals surface area contributed by atoms with Crippen LogP contribution in [0.2, 0.25) is 0 Å². The normalized spacial score (nSPS) is 13.1. The standard InChI is InChI=1S/C22H24N2O5/c1-24(2)21(26)19(12-20(25)28-3)23-22(27)29-13-18-16-10-6-4-8-14(16)15-9-5-7-11-17(15)18/h4-11,18-19H,12-13H2,1-3H3,(H,23,27). The number of likely N-dealkylation sites (N-methyl/N-ethyl adjacent to an activating group) is 1. The van der Waals surface area contributed by atoms with Crippen molar-refractivity contribution in [3.05, 3.63) is 59.7 Å². The summed E-state index contributed by atoms with van der Waals surface area (Å²) in [6, 6.07) is 15.0. The molecule has 7 heteroatoms. The Bertz CT molecular complexity index is 879. The fourth-order valence-electron chi connectivity index (χ4n) is 3.54. The lowest BCUT2D eigenvalue weighted by Gasteiger charge is -2.21. The van der Waals surface area contributed by atoms with Gasteiger partial charge in [-0.2, -0.15) is 0 Å². The summed E-state index contributed by atoms with van der Waals surface area (Å²) in [4.78, 5) is 37.5. The molecule has 2 aromatic rings. The van der Waals surface area contributed by atoms with E-state index in [-0.39, 0.29) is 18.9 Å². The van der Waals surface area contributed by atoms with E-state index in [1.807, 2.05) is 36.4 Å². The Morgan fingerprint density at radius 3 is 2.07 bits per heavy atom. The van der Waals surface area contributed by atoms with Crippen LogP contribution in [0.3, 0.4) is 0 Å². The van der Waals surface area contributed by atoms with E-state index >= 15 is 0 Å². The van der Waals surface area contributed by atoms with E-state index in [0.29, 0.717) is 0 Å². The topological polar surface area (TPSA) is 84.9 Å². The first-order valence-corrected chi connectivity index (χ1v) is 9.32. The highest BCUT2D eigenvalue weighted by Gasteiger charge is 2.30. The molecule has 0 aromatic heterocycles. The average Bonchev–Trinajstić information content (AvgIpc) is 3.05. The number of carbonyl (C=O) groups is 3. The van der Waals surface area contributed by atoms with Crippen molar-refractivity contribution < 1.29 is 23.9 Å². The monoisotopic (exact) mass is 396 g/mol. The highest BCUT2D eigenvalue weighted by molar-refractivity contribution is 5.89. The zero-order chi connectivity index (χ0) is 21.0. The van der Waals surface area contributed by atoms with E-state index < -0.39 is 24.0 Å². The lowest BCUT2D eigenvalue weighted by Crippen LogP contribution is -2.47. The highest BCUT2D eigenvalue weighted by Crippen LogP contribution is 2.44. The Kier molecular flexibility index (Phi) is 6.16. The Morgan fingerprint density at radius 1 is 1.00 bits per heavy atom. The van der Waals surface area contributed by atoms with Gasteiger partial charge >= 0.3 is 12.1 Å². The second-order valence-corrected chi connectivity index (χ2v) is 7.04. The van der Waals surface area contributed by atoms with Crippen LogP contribution >= 0.6 is 0 Å². The first-order valence-electron chi connectivity index (χ1n) is 9.32. The van der Waals surface area contributed by atoms with Crippen LogP contribution in [0.5, 0.6) is 0 Å². The van der Waals surface area contributed by atoms with Crippen molar-refractivity contribution in [2.75, 3.05) is 27.8 Å². The van der Waals surface area contributed by atoms with Gasteiger partial charge in [-0.15, -0.1) is 0 Å². The number of alkyl carbamates (subject to hydrolysis) is 1. The first-order chi connectivity index (χ1) is 13.9. The second kappa shape index (κ2) is 8.77. The molecule has 0 fully saturated rings. The summed E-state index contributed by atoms with van der Waals surface area (Å²) in [5.41, 5.74) is 4.45. The minimum absolute atomic E-state index is 0.0863. The van der Waals surface area contributed by atoms with Gasteiger partial charge in [0.15, 0.2) is 0 Å². The van der Waals surface area contributed by atoms with Crippen LogP contribution in [-0.2, 0) is 19.1 Å². The molecule has 0 heterocycles. The molecule has 29 heavy (non-hydrogen) atoms. The van der Waals surface area contributed by atoms with Gasteiger partial charge in [-0.25, -0.2) is 4.79 Å². The molecule has 1 unspecified atom stereocenters. The number of esters is 1. The summed E-state index contributed by atoms with van der Waals surface area (Å²) >= 11 is 0. The SMILES string of the molecule is COC(=O)CC(NC(=O)OCC1c2ccccc2-c2ccccc21)C(=O)N(C)C. The van der Waals surface area contributed by atoms with Gasteiger partial charge < -0.3 is 19.7 Å². The number of methoxy groups -OCH3 is 1. The number of benzene rings is 2. The fraction of sp³-hybridized carbons (Fsp3) is 0.318. The van der Waals surface area contributed by atoms with Crippen LogP contribution in [0.25, 0.3) is 11.1 Å². The summed E-state index contributed by atoms with van der Waals surface area (Å²) in [7, 11) is 4.32. The predicted octanol–water partition coefficient (Wildman–Crippen LogP) is 2.55. The molecule has 7 nitrogen and oxygen atoms in total. The molecule has 2 amide bonds. The molecule has 0 bridgehead atoms. The summed E-state index contributed by atoms with van der Waals surface area (Å²) in [6.45, 7) is 0.126. The van der Waals surface area contributed by atoms with Gasteiger partial charge in [0.05, 0.1) is 13.5 Å². The van der Waals surface area contributed by atoms with E-state index in [1.165, 1.54) is 12.0 Å². The van der Waals surface area contributed by atoms with Gasteiger partial charge in [-0.1, -0.05) is 48.5 Å². The number of nitrogens with one attached hydrogen (secondary N) is 1. The first kappa shape index (κ1) is 20.4.